The van der Waals surface area contributed by atoms with E-state index in [2.05, 4.69) is 0 Å². The molecule has 0 spiro atoms. The van der Waals surface area contributed by atoms with Crippen molar-refractivity contribution in [1.29, 1.82) is 0 Å². The molecule has 0 bridgehead atoms. The number of nitrogens with zero attached hydrogens (tertiary/aromatic N) is 1. The first kappa shape index (κ1) is 15.0. The van der Waals surface area contributed by atoms with Gasteiger partial charge in [0.15, 0.2) is 0 Å². The van der Waals surface area contributed by atoms with E-state index in [1.165, 1.54) is 6.92 Å². The molecule has 0 radical (unpaired) electrons. The van der Waals surface area contributed by atoms with E-state index in [1.807, 2.05) is 19.9 Å². The molecule has 20 heavy (non-hydrogen) atoms. The minimum Gasteiger partial charge on any atom is -0.480 e. The molecule has 1 aliphatic rings. The number of benzene rings is 1. The first-order valence-corrected chi connectivity index (χ1v) is 7.96. The molecule has 0 saturated carbocycles. The SMILES string of the molecule is Cc1cc(C)cc(S(=O)(=O)N2CCCC2(C)C(=O)O)c1. The van der Waals surface area contributed by atoms with Gasteiger partial charge in [-0.3, -0.25) is 4.79 Å². The lowest BCUT2D eigenvalue weighted by Crippen LogP contribution is -2.50. The van der Waals surface area contributed by atoms with Crippen molar-refractivity contribution < 1.29 is 18.3 Å². The largest absolute Gasteiger partial charge is 0.480 e. The van der Waals surface area contributed by atoms with E-state index in [0.29, 0.717) is 12.8 Å². The Balaban J connectivity index is 2.52. The number of carbonyl (C=O) groups is 1. The molecule has 1 aromatic rings. The summed E-state index contributed by atoms with van der Waals surface area (Å²) in [4.78, 5) is 11.6. The molecule has 1 fully saturated rings. The van der Waals surface area contributed by atoms with Gasteiger partial charge >= 0.3 is 5.97 Å². The first-order valence-electron chi connectivity index (χ1n) is 6.52. The van der Waals surface area contributed by atoms with Crippen LogP contribution < -0.4 is 0 Å². The molecule has 1 aliphatic heterocycles. The van der Waals surface area contributed by atoms with Gasteiger partial charge in [-0.25, -0.2) is 8.42 Å². The smallest absolute Gasteiger partial charge is 0.324 e. The molecule has 6 heteroatoms. The van der Waals surface area contributed by atoms with E-state index >= 15 is 0 Å². The van der Waals surface area contributed by atoms with Crippen LogP contribution in [-0.2, 0) is 14.8 Å². The van der Waals surface area contributed by atoms with Gasteiger partial charge in [-0.1, -0.05) is 6.07 Å². The van der Waals surface area contributed by atoms with Crippen molar-refractivity contribution in [2.45, 2.75) is 44.0 Å². The highest BCUT2D eigenvalue weighted by Gasteiger charge is 2.49. The quantitative estimate of drug-likeness (QED) is 0.925. The molecule has 1 saturated heterocycles. The molecule has 1 N–H and O–H groups in total. The molecular formula is C14H19NO4S. The number of carboxylic acids is 1. The topological polar surface area (TPSA) is 74.7 Å². The van der Waals surface area contributed by atoms with E-state index in [1.54, 1.807) is 12.1 Å². The van der Waals surface area contributed by atoms with Gasteiger partial charge in [-0.05, 0) is 56.9 Å². The number of hydrogen-bond acceptors (Lipinski definition) is 3. The first-order chi connectivity index (χ1) is 9.18. The molecule has 5 nitrogen and oxygen atoms in total. The predicted molar refractivity (Wildman–Crippen MR) is 75.1 cm³/mol. The maximum absolute atomic E-state index is 12.7. The molecule has 1 aromatic carbocycles. The molecule has 2 rings (SSSR count). The van der Waals surface area contributed by atoms with E-state index in [-0.39, 0.29) is 11.4 Å². The minimum absolute atomic E-state index is 0.171. The summed E-state index contributed by atoms with van der Waals surface area (Å²) in [6.45, 7) is 5.37. The highest BCUT2D eigenvalue weighted by Crippen LogP contribution is 2.35. The number of hydrogen-bond donors (Lipinski definition) is 1. The van der Waals surface area contributed by atoms with Crippen LogP contribution in [0.25, 0.3) is 0 Å². The fraction of sp³-hybridized carbons (Fsp3) is 0.500. The summed E-state index contributed by atoms with van der Waals surface area (Å²) in [7, 11) is -3.78. The zero-order chi connectivity index (χ0) is 15.1. The molecule has 0 aliphatic carbocycles. The van der Waals surface area contributed by atoms with Gasteiger partial charge < -0.3 is 5.11 Å². The molecule has 110 valence electrons. The van der Waals surface area contributed by atoms with Crippen LogP contribution in [-0.4, -0.2) is 35.9 Å². The fourth-order valence-corrected chi connectivity index (χ4v) is 4.74. The van der Waals surface area contributed by atoms with E-state index in [9.17, 15) is 18.3 Å². The van der Waals surface area contributed by atoms with Crippen LogP contribution in [0.5, 0.6) is 0 Å². The van der Waals surface area contributed by atoms with Gasteiger partial charge in [-0.15, -0.1) is 0 Å². The average Bonchev–Trinajstić information content (AvgIpc) is 2.72. The zero-order valence-corrected chi connectivity index (χ0v) is 12.7. The fourth-order valence-electron chi connectivity index (χ4n) is 2.75. The number of carboxylic acid groups (broad SMARTS) is 1. The van der Waals surface area contributed by atoms with Gasteiger partial charge in [0.05, 0.1) is 4.90 Å². The van der Waals surface area contributed by atoms with Crippen molar-refractivity contribution in [3.8, 4) is 0 Å². The number of aryl methyl sites for hydroxylation is 2. The summed E-state index contributed by atoms with van der Waals surface area (Å²) >= 11 is 0. The highest BCUT2D eigenvalue weighted by atomic mass is 32.2. The Bertz CT molecular complexity index is 633. The summed E-state index contributed by atoms with van der Waals surface area (Å²) in [5, 5.41) is 9.36. The van der Waals surface area contributed by atoms with Crippen molar-refractivity contribution in [2.75, 3.05) is 6.54 Å². The Labute approximate surface area is 119 Å². The second-order valence-electron chi connectivity index (χ2n) is 5.58. The standard InChI is InChI=1S/C14H19NO4S/c1-10-7-11(2)9-12(8-10)20(18,19)15-6-4-5-14(15,3)13(16)17/h7-9H,4-6H2,1-3H3,(H,16,17). The Hall–Kier alpha value is -1.40. The predicted octanol–water partition coefficient (Wildman–Crippen LogP) is 1.93. The van der Waals surface area contributed by atoms with Crippen LogP contribution in [0.2, 0.25) is 0 Å². The third-order valence-electron chi connectivity index (χ3n) is 3.82. The Morgan fingerprint density at radius 3 is 2.30 bits per heavy atom. The summed E-state index contributed by atoms with van der Waals surface area (Å²) in [6.07, 6.45) is 0.902. The highest BCUT2D eigenvalue weighted by molar-refractivity contribution is 7.89. The van der Waals surface area contributed by atoms with E-state index in [4.69, 9.17) is 0 Å². The van der Waals surface area contributed by atoms with Crippen LogP contribution in [0.15, 0.2) is 23.1 Å². The van der Waals surface area contributed by atoms with Crippen LogP contribution in [0.3, 0.4) is 0 Å². The molecule has 0 aromatic heterocycles. The van der Waals surface area contributed by atoms with Crippen molar-refractivity contribution in [3.63, 3.8) is 0 Å². The lowest BCUT2D eigenvalue weighted by atomic mass is 10.0. The second-order valence-corrected chi connectivity index (χ2v) is 7.45. The van der Waals surface area contributed by atoms with E-state index < -0.39 is 21.5 Å². The Morgan fingerprint density at radius 2 is 1.80 bits per heavy atom. The zero-order valence-electron chi connectivity index (χ0n) is 11.9. The summed E-state index contributed by atoms with van der Waals surface area (Å²) in [5.41, 5.74) is 0.343. The van der Waals surface area contributed by atoms with Gasteiger partial charge in [0.2, 0.25) is 10.0 Å². The van der Waals surface area contributed by atoms with Crippen LogP contribution in [0.4, 0.5) is 0 Å². The lowest BCUT2D eigenvalue weighted by molar-refractivity contribution is -0.146. The number of rotatable bonds is 3. The molecule has 0 amide bonds. The summed E-state index contributed by atoms with van der Waals surface area (Å²) in [6, 6.07) is 5.06. The molecule has 1 heterocycles. The maximum Gasteiger partial charge on any atom is 0.324 e. The van der Waals surface area contributed by atoms with Crippen molar-refractivity contribution >= 4 is 16.0 Å². The monoisotopic (exact) mass is 297 g/mol. The normalized spacial score (nSPS) is 23.9. The third kappa shape index (κ3) is 2.33. The third-order valence-corrected chi connectivity index (χ3v) is 5.82. The van der Waals surface area contributed by atoms with Crippen molar-refractivity contribution in [2.24, 2.45) is 0 Å². The van der Waals surface area contributed by atoms with Gasteiger partial charge in [-0.2, -0.15) is 4.31 Å². The van der Waals surface area contributed by atoms with Crippen LogP contribution in [0.1, 0.15) is 30.9 Å². The average molecular weight is 297 g/mol. The lowest BCUT2D eigenvalue weighted by Gasteiger charge is -2.30. The molecule has 1 unspecified atom stereocenters. The second kappa shape index (κ2) is 4.86. The Morgan fingerprint density at radius 1 is 1.25 bits per heavy atom. The van der Waals surface area contributed by atoms with Gasteiger partial charge in [0.1, 0.15) is 5.54 Å². The van der Waals surface area contributed by atoms with Crippen LogP contribution in [0, 0.1) is 13.8 Å². The minimum atomic E-state index is -3.78. The molecular weight excluding hydrogens is 278 g/mol. The number of aliphatic carboxylic acids is 1. The Kier molecular flexibility index (Phi) is 3.64. The maximum atomic E-state index is 12.7. The van der Waals surface area contributed by atoms with E-state index in [0.717, 1.165) is 15.4 Å². The summed E-state index contributed by atoms with van der Waals surface area (Å²) in [5.74, 6) is -1.09. The van der Waals surface area contributed by atoms with Crippen molar-refractivity contribution in [1.82, 2.24) is 4.31 Å². The van der Waals surface area contributed by atoms with Crippen LogP contribution >= 0.6 is 0 Å². The van der Waals surface area contributed by atoms with Crippen molar-refractivity contribution in [3.05, 3.63) is 29.3 Å². The molecule has 1 atom stereocenters. The van der Waals surface area contributed by atoms with Gasteiger partial charge in [0, 0.05) is 6.54 Å². The summed E-state index contributed by atoms with van der Waals surface area (Å²) < 4.78 is 26.6. The number of sulfonamides is 1. The van der Waals surface area contributed by atoms with Gasteiger partial charge in [0.25, 0.3) is 0 Å².